The van der Waals surface area contributed by atoms with Gasteiger partial charge in [0.2, 0.25) is 0 Å². The van der Waals surface area contributed by atoms with Gasteiger partial charge in [-0.2, -0.15) is 0 Å². The molecule has 104 valence electrons. The molecule has 1 atom stereocenters. The van der Waals surface area contributed by atoms with Crippen LogP contribution in [0.25, 0.3) is 5.57 Å². The lowest BCUT2D eigenvalue weighted by atomic mass is 9.90. The first-order valence-corrected chi connectivity index (χ1v) is 6.83. The summed E-state index contributed by atoms with van der Waals surface area (Å²) < 4.78 is 0. The molecule has 0 aliphatic rings. The molecule has 2 heteroatoms. The summed E-state index contributed by atoms with van der Waals surface area (Å²) in [5.74, 6) is 0.956. The molecule has 0 bridgehead atoms. The lowest BCUT2D eigenvalue weighted by Gasteiger charge is -2.15. The van der Waals surface area contributed by atoms with Crippen molar-refractivity contribution in [3.8, 4) is 11.5 Å². The Kier molecular flexibility index (Phi) is 4.46. The van der Waals surface area contributed by atoms with Crippen LogP contribution in [0.3, 0.4) is 0 Å². The van der Waals surface area contributed by atoms with Crippen LogP contribution in [-0.4, -0.2) is 10.2 Å². The Hall–Kier alpha value is -2.22. The summed E-state index contributed by atoms with van der Waals surface area (Å²) in [6, 6.07) is 14.7. The molecule has 0 aliphatic heterocycles. The van der Waals surface area contributed by atoms with Crippen LogP contribution in [-0.2, 0) is 0 Å². The molecule has 0 heterocycles. The Morgan fingerprint density at radius 2 is 1.45 bits per heavy atom. The monoisotopic (exact) mass is 268 g/mol. The number of hydrogen-bond acceptors (Lipinski definition) is 2. The van der Waals surface area contributed by atoms with E-state index in [0.717, 1.165) is 12.0 Å². The molecule has 0 radical (unpaired) electrons. The van der Waals surface area contributed by atoms with E-state index in [2.05, 4.69) is 13.0 Å². The topological polar surface area (TPSA) is 40.5 Å². The van der Waals surface area contributed by atoms with Crippen molar-refractivity contribution in [1.82, 2.24) is 0 Å². The SMILES string of the molecule is CC=C(CC(C)c1ccc(O)cc1)c1ccc(O)cc1. The summed E-state index contributed by atoms with van der Waals surface area (Å²) >= 11 is 0. The third kappa shape index (κ3) is 3.41. The number of aromatic hydroxyl groups is 2. The van der Waals surface area contributed by atoms with Gasteiger partial charge in [0.05, 0.1) is 0 Å². The summed E-state index contributed by atoms with van der Waals surface area (Å²) in [4.78, 5) is 0. The standard InChI is InChI=1S/C18H20O2/c1-3-14(16-6-10-18(20)11-7-16)12-13(2)15-4-8-17(19)9-5-15/h3-11,13,19-20H,12H2,1-2H3. The van der Waals surface area contributed by atoms with Crippen molar-refractivity contribution in [2.45, 2.75) is 26.2 Å². The van der Waals surface area contributed by atoms with Crippen molar-refractivity contribution in [2.75, 3.05) is 0 Å². The van der Waals surface area contributed by atoms with Gasteiger partial charge in [-0.3, -0.25) is 0 Å². The molecule has 0 fully saturated rings. The highest BCUT2D eigenvalue weighted by molar-refractivity contribution is 5.66. The first-order valence-electron chi connectivity index (χ1n) is 6.83. The summed E-state index contributed by atoms with van der Waals surface area (Å²) in [6.45, 7) is 4.21. The van der Waals surface area contributed by atoms with Gasteiger partial charge in [0.1, 0.15) is 11.5 Å². The fraction of sp³-hybridized carbons (Fsp3) is 0.222. The van der Waals surface area contributed by atoms with Crippen LogP contribution in [0.4, 0.5) is 0 Å². The second-order valence-corrected chi connectivity index (χ2v) is 5.06. The van der Waals surface area contributed by atoms with E-state index >= 15 is 0 Å². The molecule has 0 aromatic heterocycles. The van der Waals surface area contributed by atoms with E-state index in [4.69, 9.17) is 0 Å². The third-order valence-corrected chi connectivity index (χ3v) is 3.57. The van der Waals surface area contributed by atoms with Crippen LogP contribution in [0, 0.1) is 0 Å². The third-order valence-electron chi connectivity index (χ3n) is 3.57. The number of phenolic OH excluding ortho intramolecular Hbond substituents is 2. The minimum atomic E-state index is 0.288. The Bertz CT molecular complexity index is 580. The predicted octanol–water partition coefficient (Wildman–Crippen LogP) is 4.69. The minimum absolute atomic E-state index is 0.288. The van der Waals surface area contributed by atoms with Gasteiger partial charge in [-0.05, 0) is 60.2 Å². The van der Waals surface area contributed by atoms with Gasteiger partial charge < -0.3 is 10.2 Å². The first kappa shape index (κ1) is 14.2. The van der Waals surface area contributed by atoms with Gasteiger partial charge in [0.15, 0.2) is 0 Å². The van der Waals surface area contributed by atoms with E-state index in [-0.39, 0.29) is 5.75 Å². The first-order chi connectivity index (χ1) is 9.60. The maximum Gasteiger partial charge on any atom is 0.115 e. The fourth-order valence-electron chi connectivity index (χ4n) is 2.33. The number of rotatable bonds is 4. The van der Waals surface area contributed by atoms with Gasteiger partial charge in [0, 0.05) is 0 Å². The number of allylic oxidation sites excluding steroid dienone is 2. The van der Waals surface area contributed by atoms with Gasteiger partial charge in [0.25, 0.3) is 0 Å². The molecule has 1 unspecified atom stereocenters. The molecule has 2 aromatic carbocycles. The van der Waals surface area contributed by atoms with Crippen molar-refractivity contribution in [3.63, 3.8) is 0 Å². The largest absolute Gasteiger partial charge is 0.508 e. The van der Waals surface area contributed by atoms with Crippen molar-refractivity contribution < 1.29 is 10.2 Å². The van der Waals surface area contributed by atoms with Crippen LogP contribution in [0.5, 0.6) is 11.5 Å². The average molecular weight is 268 g/mol. The van der Waals surface area contributed by atoms with E-state index in [1.807, 2.05) is 31.2 Å². The Labute approximate surface area is 120 Å². The smallest absolute Gasteiger partial charge is 0.115 e. The van der Waals surface area contributed by atoms with Crippen molar-refractivity contribution in [2.24, 2.45) is 0 Å². The van der Waals surface area contributed by atoms with Gasteiger partial charge in [-0.25, -0.2) is 0 Å². The van der Waals surface area contributed by atoms with Gasteiger partial charge in [-0.1, -0.05) is 37.3 Å². The summed E-state index contributed by atoms with van der Waals surface area (Å²) in [7, 11) is 0. The molecule has 20 heavy (non-hydrogen) atoms. The summed E-state index contributed by atoms with van der Waals surface area (Å²) in [5.41, 5.74) is 3.60. The lowest BCUT2D eigenvalue weighted by Crippen LogP contribution is -1.96. The van der Waals surface area contributed by atoms with Crippen molar-refractivity contribution in [1.29, 1.82) is 0 Å². The Morgan fingerprint density at radius 1 is 0.950 bits per heavy atom. The van der Waals surface area contributed by atoms with Crippen LogP contribution < -0.4 is 0 Å². The maximum absolute atomic E-state index is 9.35. The quantitative estimate of drug-likeness (QED) is 0.844. The van der Waals surface area contributed by atoms with E-state index in [1.165, 1.54) is 11.1 Å². The van der Waals surface area contributed by atoms with E-state index in [9.17, 15) is 10.2 Å². The molecular weight excluding hydrogens is 248 g/mol. The van der Waals surface area contributed by atoms with Crippen LogP contribution >= 0.6 is 0 Å². The molecule has 0 spiro atoms. The molecule has 2 nitrogen and oxygen atoms in total. The predicted molar refractivity (Wildman–Crippen MR) is 82.9 cm³/mol. The lowest BCUT2D eigenvalue weighted by molar-refractivity contribution is 0.474. The summed E-state index contributed by atoms with van der Waals surface area (Å²) in [6.07, 6.45) is 3.04. The maximum atomic E-state index is 9.35. The van der Waals surface area contributed by atoms with E-state index in [0.29, 0.717) is 11.7 Å². The van der Waals surface area contributed by atoms with Crippen LogP contribution in [0.1, 0.15) is 37.3 Å². The fourth-order valence-corrected chi connectivity index (χ4v) is 2.33. The van der Waals surface area contributed by atoms with Crippen LogP contribution in [0.15, 0.2) is 54.6 Å². The highest BCUT2D eigenvalue weighted by Crippen LogP contribution is 2.30. The van der Waals surface area contributed by atoms with Gasteiger partial charge >= 0.3 is 0 Å². The molecule has 2 aromatic rings. The molecule has 2 N–H and O–H groups in total. The molecular formula is C18H20O2. The van der Waals surface area contributed by atoms with Crippen molar-refractivity contribution in [3.05, 3.63) is 65.7 Å². The second kappa shape index (κ2) is 6.29. The van der Waals surface area contributed by atoms with Gasteiger partial charge in [-0.15, -0.1) is 0 Å². The second-order valence-electron chi connectivity index (χ2n) is 5.06. The summed E-state index contributed by atoms with van der Waals surface area (Å²) in [5, 5.41) is 18.7. The van der Waals surface area contributed by atoms with Crippen molar-refractivity contribution >= 4 is 5.57 Å². The zero-order valence-electron chi connectivity index (χ0n) is 11.9. The molecule has 0 amide bonds. The molecule has 0 saturated heterocycles. The minimum Gasteiger partial charge on any atom is -0.508 e. The number of hydrogen-bond donors (Lipinski definition) is 2. The Morgan fingerprint density at radius 3 is 1.95 bits per heavy atom. The molecule has 0 saturated carbocycles. The highest BCUT2D eigenvalue weighted by Gasteiger charge is 2.10. The molecule has 0 aliphatic carbocycles. The van der Waals surface area contributed by atoms with E-state index in [1.54, 1.807) is 24.3 Å². The van der Waals surface area contributed by atoms with E-state index < -0.39 is 0 Å². The molecule has 2 rings (SSSR count). The van der Waals surface area contributed by atoms with Crippen LogP contribution in [0.2, 0.25) is 0 Å². The number of phenols is 2. The number of benzene rings is 2. The average Bonchev–Trinajstić information content (AvgIpc) is 2.46. The normalized spacial score (nSPS) is 13.2. The zero-order chi connectivity index (χ0) is 14.5. The highest BCUT2D eigenvalue weighted by atomic mass is 16.3. The zero-order valence-corrected chi connectivity index (χ0v) is 11.9. The Balaban J connectivity index is 2.14.